The Morgan fingerprint density at radius 1 is 1.21 bits per heavy atom. The van der Waals surface area contributed by atoms with E-state index in [1.54, 1.807) is 0 Å². The zero-order chi connectivity index (χ0) is 13.2. The Kier molecular flexibility index (Phi) is 3.56. The topological polar surface area (TPSA) is 37.8 Å². The first-order chi connectivity index (χ1) is 9.24. The first-order valence-corrected chi connectivity index (χ1v) is 7.30. The van der Waals surface area contributed by atoms with Crippen molar-refractivity contribution in [1.29, 1.82) is 0 Å². The predicted molar refractivity (Wildman–Crippen MR) is 79.6 cm³/mol. The van der Waals surface area contributed by atoms with Crippen molar-refractivity contribution in [3.63, 3.8) is 0 Å². The average Bonchev–Trinajstić information content (AvgIpc) is 2.92. The minimum atomic E-state index is 0.305. The molecule has 1 unspecified atom stereocenters. The predicted octanol–water partition coefficient (Wildman–Crippen LogP) is 4.27. The maximum absolute atomic E-state index is 6.00. The molecule has 0 amide bonds. The number of fused-ring (bicyclic) bond motifs is 1. The number of hydrogen-bond donors (Lipinski definition) is 1. The van der Waals surface area contributed by atoms with Crippen molar-refractivity contribution in [3.05, 3.63) is 29.5 Å². The van der Waals surface area contributed by atoms with E-state index >= 15 is 0 Å². The summed E-state index contributed by atoms with van der Waals surface area (Å²) in [7, 11) is 0. The largest absolute Gasteiger partial charge is 0.367 e. The van der Waals surface area contributed by atoms with Gasteiger partial charge in [0.05, 0.1) is 5.52 Å². The fraction of sp³-hybridized carbons (Fsp3) is 0.467. The van der Waals surface area contributed by atoms with Gasteiger partial charge in [-0.25, -0.2) is 9.97 Å². The molecular weight excluding hydrogens is 258 g/mol. The molecule has 1 atom stereocenters. The van der Waals surface area contributed by atoms with Crippen LogP contribution in [0.5, 0.6) is 0 Å². The molecule has 0 radical (unpaired) electrons. The van der Waals surface area contributed by atoms with Crippen molar-refractivity contribution in [2.75, 3.05) is 5.32 Å². The Morgan fingerprint density at radius 3 is 2.74 bits per heavy atom. The molecule has 1 aromatic heterocycles. The van der Waals surface area contributed by atoms with Crippen molar-refractivity contribution in [2.45, 2.75) is 38.6 Å². The Labute approximate surface area is 118 Å². The third kappa shape index (κ3) is 2.66. The van der Waals surface area contributed by atoms with Gasteiger partial charge in [-0.15, -0.1) is 0 Å². The monoisotopic (exact) mass is 275 g/mol. The van der Waals surface area contributed by atoms with Crippen molar-refractivity contribution in [1.82, 2.24) is 9.97 Å². The molecule has 19 heavy (non-hydrogen) atoms. The van der Waals surface area contributed by atoms with Gasteiger partial charge in [-0.3, -0.25) is 0 Å². The highest BCUT2D eigenvalue weighted by Gasteiger charge is 2.22. The fourth-order valence-corrected chi connectivity index (χ4v) is 3.12. The number of nitrogens with one attached hydrogen (secondary N) is 1. The maximum Gasteiger partial charge on any atom is 0.224 e. The summed E-state index contributed by atoms with van der Waals surface area (Å²) in [4.78, 5) is 8.61. The molecule has 2 aromatic rings. The third-order valence-corrected chi connectivity index (χ3v) is 4.22. The number of nitrogens with zero attached hydrogens (tertiary/aromatic N) is 2. The van der Waals surface area contributed by atoms with E-state index in [2.05, 4.69) is 22.2 Å². The first kappa shape index (κ1) is 12.7. The van der Waals surface area contributed by atoms with Gasteiger partial charge in [-0.1, -0.05) is 25.0 Å². The van der Waals surface area contributed by atoms with E-state index in [-0.39, 0.29) is 0 Å². The maximum atomic E-state index is 6.00. The SMILES string of the molecule is CC(Nc1nc(Cl)nc2ccccc12)C1CCCC1. The summed E-state index contributed by atoms with van der Waals surface area (Å²) in [5.41, 5.74) is 0.892. The number of hydrogen-bond acceptors (Lipinski definition) is 3. The molecule has 0 aliphatic heterocycles. The van der Waals surface area contributed by atoms with E-state index in [0.29, 0.717) is 11.3 Å². The standard InChI is InChI=1S/C15H18ClN3/c1-10(11-6-2-3-7-11)17-14-12-8-4-5-9-13(12)18-15(16)19-14/h4-5,8-11H,2-3,6-7H2,1H3,(H,17,18,19). The molecule has 1 fully saturated rings. The quantitative estimate of drug-likeness (QED) is 0.850. The van der Waals surface area contributed by atoms with Gasteiger partial charge in [-0.05, 0) is 49.4 Å². The van der Waals surface area contributed by atoms with Gasteiger partial charge in [0.1, 0.15) is 5.82 Å². The molecule has 4 heteroatoms. The molecule has 1 N–H and O–H groups in total. The van der Waals surface area contributed by atoms with Gasteiger partial charge in [0.2, 0.25) is 5.28 Å². The van der Waals surface area contributed by atoms with E-state index in [1.165, 1.54) is 25.7 Å². The van der Waals surface area contributed by atoms with Crippen LogP contribution in [0.3, 0.4) is 0 Å². The lowest BCUT2D eigenvalue weighted by molar-refractivity contribution is 0.481. The second-order valence-electron chi connectivity index (χ2n) is 5.34. The third-order valence-electron chi connectivity index (χ3n) is 4.05. The van der Waals surface area contributed by atoms with Crippen LogP contribution in [-0.4, -0.2) is 16.0 Å². The number of aromatic nitrogens is 2. The number of halogens is 1. The lowest BCUT2D eigenvalue weighted by Gasteiger charge is -2.21. The Bertz CT molecular complexity index is 579. The Balaban J connectivity index is 1.91. The molecule has 3 rings (SSSR count). The summed E-state index contributed by atoms with van der Waals surface area (Å²) < 4.78 is 0. The second-order valence-corrected chi connectivity index (χ2v) is 5.67. The number of rotatable bonds is 3. The van der Waals surface area contributed by atoms with Crippen LogP contribution in [0, 0.1) is 5.92 Å². The first-order valence-electron chi connectivity index (χ1n) is 6.93. The van der Waals surface area contributed by atoms with Gasteiger partial charge < -0.3 is 5.32 Å². The summed E-state index contributed by atoms with van der Waals surface area (Å²) in [6.07, 6.45) is 5.32. The molecule has 0 spiro atoms. The summed E-state index contributed by atoms with van der Waals surface area (Å²) in [6, 6.07) is 8.40. The van der Waals surface area contributed by atoms with Gasteiger partial charge in [-0.2, -0.15) is 0 Å². The molecule has 0 saturated heterocycles. The smallest absolute Gasteiger partial charge is 0.224 e. The molecule has 1 aliphatic rings. The molecule has 1 aromatic carbocycles. The van der Waals surface area contributed by atoms with Gasteiger partial charge in [0, 0.05) is 11.4 Å². The van der Waals surface area contributed by atoms with E-state index in [9.17, 15) is 0 Å². The molecule has 1 aliphatic carbocycles. The van der Waals surface area contributed by atoms with Crippen LogP contribution < -0.4 is 5.32 Å². The lowest BCUT2D eigenvalue weighted by Crippen LogP contribution is -2.24. The van der Waals surface area contributed by atoms with E-state index in [0.717, 1.165) is 22.6 Å². The number of benzene rings is 1. The zero-order valence-corrected chi connectivity index (χ0v) is 11.8. The summed E-state index contributed by atoms with van der Waals surface area (Å²) in [6.45, 7) is 2.24. The summed E-state index contributed by atoms with van der Waals surface area (Å²) in [5, 5.41) is 4.88. The highest BCUT2D eigenvalue weighted by Crippen LogP contribution is 2.30. The molecule has 0 bridgehead atoms. The number of anilines is 1. The average molecular weight is 276 g/mol. The highest BCUT2D eigenvalue weighted by molar-refractivity contribution is 6.28. The molecular formula is C15H18ClN3. The van der Waals surface area contributed by atoms with Crippen LogP contribution in [-0.2, 0) is 0 Å². The number of para-hydroxylation sites is 1. The highest BCUT2D eigenvalue weighted by atomic mass is 35.5. The van der Waals surface area contributed by atoms with Crippen molar-refractivity contribution in [2.24, 2.45) is 5.92 Å². The lowest BCUT2D eigenvalue weighted by atomic mass is 10.00. The van der Waals surface area contributed by atoms with E-state index < -0.39 is 0 Å². The van der Waals surface area contributed by atoms with Gasteiger partial charge >= 0.3 is 0 Å². The van der Waals surface area contributed by atoms with Crippen LogP contribution in [0.2, 0.25) is 5.28 Å². The Hall–Kier alpha value is -1.35. The van der Waals surface area contributed by atoms with Crippen LogP contribution in [0.25, 0.3) is 10.9 Å². The molecule has 1 saturated carbocycles. The Morgan fingerprint density at radius 2 is 1.95 bits per heavy atom. The second kappa shape index (κ2) is 5.33. The fourth-order valence-electron chi connectivity index (χ4n) is 2.95. The van der Waals surface area contributed by atoms with Crippen LogP contribution in [0.1, 0.15) is 32.6 Å². The molecule has 100 valence electrons. The van der Waals surface area contributed by atoms with Crippen LogP contribution in [0.4, 0.5) is 5.82 Å². The zero-order valence-electron chi connectivity index (χ0n) is 11.1. The molecule has 3 nitrogen and oxygen atoms in total. The van der Waals surface area contributed by atoms with Crippen molar-refractivity contribution in [3.8, 4) is 0 Å². The normalized spacial score (nSPS) is 17.8. The van der Waals surface area contributed by atoms with Crippen molar-refractivity contribution >= 4 is 28.3 Å². The van der Waals surface area contributed by atoms with Crippen LogP contribution >= 0.6 is 11.6 Å². The minimum absolute atomic E-state index is 0.305. The minimum Gasteiger partial charge on any atom is -0.367 e. The van der Waals surface area contributed by atoms with E-state index in [1.807, 2.05) is 24.3 Å². The van der Waals surface area contributed by atoms with Gasteiger partial charge in [0.15, 0.2) is 0 Å². The summed E-state index contributed by atoms with van der Waals surface area (Å²) in [5.74, 6) is 1.60. The van der Waals surface area contributed by atoms with E-state index in [4.69, 9.17) is 11.6 Å². The van der Waals surface area contributed by atoms with Crippen molar-refractivity contribution < 1.29 is 0 Å². The van der Waals surface area contributed by atoms with Crippen LogP contribution in [0.15, 0.2) is 24.3 Å². The molecule has 1 heterocycles. The van der Waals surface area contributed by atoms with Gasteiger partial charge in [0.25, 0.3) is 0 Å². The summed E-state index contributed by atoms with van der Waals surface area (Å²) >= 11 is 6.00.